The van der Waals surface area contributed by atoms with E-state index in [1.165, 1.54) is 0 Å². The van der Waals surface area contributed by atoms with Crippen molar-refractivity contribution in [2.75, 3.05) is 7.11 Å². The molecule has 0 aliphatic carbocycles. The topological polar surface area (TPSA) is 74.2 Å². The lowest BCUT2D eigenvalue weighted by Gasteiger charge is -2.10. The van der Waals surface area contributed by atoms with Crippen LogP contribution >= 0.6 is 0 Å². The number of nitrogens with zero attached hydrogens (tertiary/aromatic N) is 2. The summed E-state index contributed by atoms with van der Waals surface area (Å²) in [5.41, 5.74) is 6.38. The van der Waals surface area contributed by atoms with E-state index in [0.717, 1.165) is 5.56 Å². The second-order valence-corrected chi connectivity index (χ2v) is 3.26. The first kappa shape index (κ1) is 10.8. The van der Waals surface area contributed by atoms with E-state index in [-0.39, 0.29) is 12.6 Å². The number of methoxy groups -OCH3 is 1. The normalized spacial score (nSPS) is 12.6. The second kappa shape index (κ2) is 4.87. The molecule has 0 radical (unpaired) electrons. The van der Waals surface area contributed by atoms with Crippen LogP contribution in [-0.4, -0.2) is 17.3 Å². The van der Waals surface area contributed by atoms with Crippen LogP contribution in [0.4, 0.5) is 0 Å². The molecule has 0 aliphatic rings. The Morgan fingerprint density at radius 1 is 1.31 bits per heavy atom. The molecule has 16 heavy (non-hydrogen) atoms. The molecule has 0 saturated heterocycles. The van der Waals surface area contributed by atoms with Crippen molar-refractivity contribution in [1.29, 1.82) is 0 Å². The Morgan fingerprint density at radius 2 is 2.06 bits per heavy atom. The van der Waals surface area contributed by atoms with Crippen LogP contribution < -0.4 is 5.73 Å². The van der Waals surface area contributed by atoms with Gasteiger partial charge in [0.25, 0.3) is 0 Å². The van der Waals surface area contributed by atoms with Crippen molar-refractivity contribution in [2.24, 2.45) is 5.73 Å². The van der Waals surface area contributed by atoms with Crippen LogP contribution in [0.3, 0.4) is 0 Å². The highest BCUT2D eigenvalue weighted by Crippen LogP contribution is 2.23. The van der Waals surface area contributed by atoms with Gasteiger partial charge in [0.2, 0.25) is 11.8 Å². The summed E-state index contributed by atoms with van der Waals surface area (Å²) in [6.07, 6.45) is -0.339. The largest absolute Gasteiger partial charge is 0.421 e. The number of hydrogen-bond acceptors (Lipinski definition) is 5. The summed E-state index contributed by atoms with van der Waals surface area (Å²) in [7, 11) is 1.60. The third kappa shape index (κ3) is 2.10. The monoisotopic (exact) mass is 219 g/mol. The van der Waals surface area contributed by atoms with Crippen molar-refractivity contribution in [3.63, 3.8) is 0 Å². The first-order chi connectivity index (χ1) is 7.85. The van der Waals surface area contributed by atoms with Gasteiger partial charge in [-0.3, -0.25) is 0 Å². The van der Waals surface area contributed by atoms with E-state index in [2.05, 4.69) is 10.2 Å². The molecule has 5 heteroatoms. The zero-order chi connectivity index (χ0) is 11.4. The van der Waals surface area contributed by atoms with Crippen molar-refractivity contribution in [3.05, 3.63) is 47.7 Å². The third-order valence-corrected chi connectivity index (χ3v) is 2.22. The van der Waals surface area contributed by atoms with Crippen molar-refractivity contribution >= 4 is 0 Å². The summed E-state index contributed by atoms with van der Waals surface area (Å²) in [5.74, 6) is 0.835. The fourth-order valence-electron chi connectivity index (χ4n) is 1.46. The van der Waals surface area contributed by atoms with E-state index in [4.69, 9.17) is 14.9 Å². The molecule has 0 amide bonds. The molecular weight excluding hydrogens is 206 g/mol. The standard InChI is InChI=1S/C11H13N3O2/c1-15-10(8-5-3-2-4-6-8)11-14-13-9(7-12)16-11/h2-6,10H,7,12H2,1H3. The van der Waals surface area contributed by atoms with Gasteiger partial charge >= 0.3 is 0 Å². The zero-order valence-electron chi connectivity index (χ0n) is 8.96. The van der Waals surface area contributed by atoms with Gasteiger partial charge in [-0.2, -0.15) is 0 Å². The number of hydrogen-bond donors (Lipinski definition) is 1. The van der Waals surface area contributed by atoms with Gasteiger partial charge in [0.15, 0.2) is 6.10 Å². The molecule has 0 fully saturated rings. The van der Waals surface area contributed by atoms with Crippen LogP contribution in [0, 0.1) is 0 Å². The molecule has 1 aromatic heterocycles. The fraction of sp³-hybridized carbons (Fsp3) is 0.273. The molecule has 2 rings (SSSR count). The Balaban J connectivity index is 2.29. The van der Waals surface area contributed by atoms with Crippen LogP contribution in [0.5, 0.6) is 0 Å². The summed E-state index contributed by atoms with van der Waals surface area (Å²) in [4.78, 5) is 0. The van der Waals surface area contributed by atoms with E-state index < -0.39 is 0 Å². The average Bonchev–Trinajstić information content (AvgIpc) is 2.80. The summed E-state index contributed by atoms with van der Waals surface area (Å²) >= 11 is 0. The van der Waals surface area contributed by atoms with Gasteiger partial charge in [-0.05, 0) is 5.56 Å². The molecule has 5 nitrogen and oxygen atoms in total. The van der Waals surface area contributed by atoms with E-state index >= 15 is 0 Å². The van der Waals surface area contributed by atoms with Crippen molar-refractivity contribution < 1.29 is 9.15 Å². The maximum atomic E-state index is 5.41. The first-order valence-corrected chi connectivity index (χ1v) is 4.95. The van der Waals surface area contributed by atoms with E-state index in [1.54, 1.807) is 7.11 Å². The molecular formula is C11H13N3O2. The minimum absolute atomic E-state index is 0.234. The minimum atomic E-state index is -0.339. The lowest BCUT2D eigenvalue weighted by Crippen LogP contribution is -2.03. The summed E-state index contributed by atoms with van der Waals surface area (Å²) in [5, 5.41) is 7.72. The Morgan fingerprint density at radius 3 is 2.62 bits per heavy atom. The Kier molecular flexibility index (Phi) is 3.28. The third-order valence-electron chi connectivity index (χ3n) is 2.22. The quantitative estimate of drug-likeness (QED) is 0.838. The van der Waals surface area contributed by atoms with E-state index in [1.807, 2.05) is 30.3 Å². The average molecular weight is 219 g/mol. The molecule has 0 aliphatic heterocycles. The highest BCUT2D eigenvalue weighted by molar-refractivity contribution is 5.21. The molecule has 1 aromatic carbocycles. The number of rotatable bonds is 4. The number of ether oxygens (including phenoxy) is 1. The molecule has 1 atom stereocenters. The molecule has 1 unspecified atom stereocenters. The van der Waals surface area contributed by atoms with Crippen LogP contribution in [-0.2, 0) is 11.3 Å². The van der Waals surface area contributed by atoms with E-state index in [9.17, 15) is 0 Å². The number of nitrogens with two attached hydrogens (primary N) is 1. The Labute approximate surface area is 93.2 Å². The highest BCUT2D eigenvalue weighted by atomic mass is 16.5. The molecule has 2 N–H and O–H groups in total. The molecule has 0 saturated carbocycles. The van der Waals surface area contributed by atoms with Gasteiger partial charge in [-0.25, -0.2) is 0 Å². The number of aromatic nitrogens is 2. The van der Waals surface area contributed by atoms with Crippen LogP contribution in [0.15, 0.2) is 34.7 Å². The fourth-order valence-corrected chi connectivity index (χ4v) is 1.46. The first-order valence-electron chi connectivity index (χ1n) is 4.95. The van der Waals surface area contributed by atoms with Gasteiger partial charge < -0.3 is 14.9 Å². The molecule has 84 valence electrons. The predicted octanol–water partition coefficient (Wildman–Crippen LogP) is 1.26. The van der Waals surface area contributed by atoms with Crippen LogP contribution in [0.1, 0.15) is 23.4 Å². The van der Waals surface area contributed by atoms with Crippen molar-refractivity contribution in [2.45, 2.75) is 12.6 Å². The van der Waals surface area contributed by atoms with Gasteiger partial charge in [0.1, 0.15) is 0 Å². The summed E-state index contributed by atoms with van der Waals surface area (Å²) in [6, 6.07) is 9.69. The van der Waals surface area contributed by atoms with Crippen molar-refractivity contribution in [3.8, 4) is 0 Å². The summed E-state index contributed by atoms with van der Waals surface area (Å²) in [6.45, 7) is 0.234. The predicted molar refractivity (Wildman–Crippen MR) is 57.5 cm³/mol. The smallest absolute Gasteiger partial charge is 0.249 e. The molecule has 0 bridgehead atoms. The maximum absolute atomic E-state index is 5.41. The highest BCUT2D eigenvalue weighted by Gasteiger charge is 2.19. The molecule has 1 heterocycles. The van der Waals surface area contributed by atoms with Gasteiger partial charge in [0.05, 0.1) is 6.54 Å². The zero-order valence-corrected chi connectivity index (χ0v) is 8.96. The van der Waals surface area contributed by atoms with Gasteiger partial charge in [-0.1, -0.05) is 30.3 Å². The van der Waals surface area contributed by atoms with Gasteiger partial charge in [-0.15, -0.1) is 10.2 Å². The Hall–Kier alpha value is -1.72. The van der Waals surface area contributed by atoms with Gasteiger partial charge in [0, 0.05) is 7.11 Å². The molecule has 2 aromatic rings. The van der Waals surface area contributed by atoms with Crippen LogP contribution in [0.25, 0.3) is 0 Å². The summed E-state index contributed by atoms with van der Waals surface area (Å²) < 4.78 is 10.7. The SMILES string of the molecule is COC(c1ccccc1)c1nnc(CN)o1. The molecule has 0 spiro atoms. The van der Waals surface area contributed by atoms with Crippen LogP contribution in [0.2, 0.25) is 0 Å². The minimum Gasteiger partial charge on any atom is -0.421 e. The Bertz CT molecular complexity index is 442. The second-order valence-electron chi connectivity index (χ2n) is 3.26. The lowest BCUT2D eigenvalue weighted by atomic mass is 10.1. The number of benzene rings is 1. The van der Waals surface area contributed by atoms with E-state index in [0.29, 0.717) is 11.8 Å². The lowest BCUT2D eigenvalue weighted by molar-refractivity contribution is 0.110. The maximum Gasteiger partial charge on any atom is 0.249 e. The van der Waals surface area contributed by atoms with Crippen molar-refractivity contribution in [1.82, 2.24) is 10.2 Å².